The minimum absolute atomic E-state index is 0.431. The lowest BCUT2D eigenvalue weighted by molar-refractivity contribution is -0.134. The number of hydrogen-bond acceptors (Lipinski definition) is 8. The number of nitrogens with zero attached hydrogens (tertiary/aromatic N) is 3. The number of carboxylic acid groups (broad SMARTS) is 2. The molecule has 0 bridgehead atoms. The zero-order chi connectivity index (χ0) is 23.6. The molecule has 33 heavy (non-hydrogen) atoms. The van der Waals surface area contributed by atoms with Crippen LogP contribution in [0.2, 0.25) is 0 Å². The number of rotatable bonds is 6. The first-order chi connectivity index (χ1) is 16.0. The van der Waals surface area contributed by atoms with Gasteiger partial charge in [0.25, 0.3) is 0 Å². The lowest BCUT2D eigenvalue weighted by atomic mass is 9.94. The van der Waals surface area contributed by atoms with Gasteiger partial charge < -0.3 is 29.9 Å². The second-order valence-electron chi connectivity index (χ2n) is 7.46. The third kappa shape index (κ3) is 6.91. The van der Waals surface area contributed by atoms with E-state index >= 15 is 0 Å². The van der Waals surface area contributed by atoms with E-state index in [1.807, 2.05) is 0 Å². The van der Waals surface area contributed by atoms with Gasteiger partial charge in [0.1, 0.15) is 19.0 Å². The Morgan fingerprint density at radius 3 is 2.58 bits per heavy atom. The molecule has 2 aliphatic heterocycles. The van der Waals surface area contributed by atoms with Crippen molar-refractivity contribution in [3.63, 3.8) is 0 Å². The first-order valence-electron chi connectivity index (χ1n) is 10.7. The van der Waals surface area contributed by atoms with E-state index in [0.29, 0.717) is 31.4 Å². The number of aromatic nitrogens is 2. The van der Waals surface area contributed by atoms with Crippen LogP contribution in [0.25, 0.3) is 0 Å². The van der Waals surface area contributed by atoms with Crippen LogP contribution in [-0.4, -0.2) is 71.5 Å². The van der Waals surface area contributed by atoms with Crippen molar-refractivity contribution < 1.29 is 29.3 Å². The Morgan fingerprint density at radius 2 is 1.88 bits per heavy atom. The number of carboxylic acids is 2. The average molecular weight is 456 g/mol. The lowest BCUT2D eigenvalue weighted by Gasteiger charge is -2.34. The number of ether oxygens (including phenoxy) is 2. The summed E-state index contributed by atoms with van der Waals surface area (Å²) in [5, 5.41) is 19.1. The smallest absolute Gasteiger partial charge is 0.328 e. The molecule has 10 heteroatoms. The maximum atomic E-state index is 9.55. The van der Waals surface area contributed by atoms with Gasteiger partial charge in [0.05, 0.1) is 18.8 Å². The fraction of sp³-hybridized carbons (Fsp3) is 0.391. The van der Waals surface area contributed by atoms with Crippen LogP contribution in [0.5, 0.6) is 11.8 Å². The standard InChI is InChI=1S/C19H24N4O2.C4H4O4/c1-14-16-4-8-20-7-3-15(16)13-17-18(14)23(9-11-24-17)10-12-25-19-21-5-2-6-22-19;5-3(6)1-2-4(7)8/h2,5-6,13,20H,3-4,7-12H2,1H3;1-2H,(H,5,6)(H,7,8)/b;2-1+. The minimum atomic E-state index is -1.26. The van der Waals surface area contributed by atoms with Crippen LogP contribution in [0.3, 0.4) is 0 Å². The SMILES string of the molecule is Cc1c2c(cc3c1N(CCOc1ncccn1)CCO3)CCNCC2.O=C(O)/C=C/C(=O)O. The third-order valence-corrected chi connectivity index (χ3v) is 5.30. The fourth-order valence-electron chi connectivity index (χ4n) is 3.87. The fourth-order valence-corrected chi connectivity index (χ4v) is 3.87. The van der Waals surface area contributed by atoms with Crippen molar-refractivity contribution >= 4 is 17.6 Å². The molecule has 2 aromatic rings. The van der Waals surface area contributed by atoms with Crippen molar-refractivity contribution in [3.05, 3.63) is 53.4 Å². The van der Waals surface area contributed by atoms with Crippen LogP contribution >= 0.6 is 0 Å². The van der Waals surface area contributed by atoms with Crippen molar-refractivity contribution in [1.82, 2.24) is 15.3 Å². The molecule has 0 unspecified atom stereocenters. The molecule has 0 amide bonds. The molecule has 0 radical (unpaired) electrons. The summed E-state index contributed by atoms with van der Waals surface area (Å²) < 4.78 is 11.7. The van der Waals surface area contributed by atoms with Crippen molar-refractivity contribution in [2.24, 2.45) is 0 Å². The third-order valence-electron chi connectivity index (χ3n) is 5.30. The van der Waals surface area contributed by atoms with Crippen LogP contribution in [-0.2, 0) is 22.4 Å². The number of nitrogens with one attached hydrogen (secondary N) is 1. The van der Waals surface area contributed by atoms with Crippen molar-refractivity contribution in [2.75, 3.05) is 44.3 Å². The van der Waals surface area contributed by atoms with Crippen molar-refractivity contribution in [1.29, 1.82) is 0 Å². The van der Waals surface area contributed by atoms with E-state index in [9.17, 15) is 9.59 Å². The molecule has 3 heterocycles. The van der Waals surface area contributed by atoms with Crippen LogP contribution in [0, 0.1) is 6.92 Å². The van der Waals surface area contributed by atoms with E-state index in [0.717, 1.165) is 44.8 Å². The molecule has 10 nitrogen and oxygen atoms in total. The number of carbonyl (C=O) groups is 2. The summed E-state index contributed by atoms with van der Waals surface area (Å²) in [5.41, 5.74) is 5.49. The van der Waals surface area contributed by atoms with Gasteiger partial charge in [0.15, 0.2) is 0 Å². The lowest BCUT2D eigenvalue weighted by Crippen LogP contribution is -2.36. The topological polar surface area (TPSA) is 134 Å². The van der Waals surface area contributed by atoms with Crippen molar-refractivity contribution in [2.45, 2.75) is 19.8 Å². The van der Waals surface area contributed by atoms with E-state index in [1.165, 1.54) is 22.4 Å². The minimum Gasteiger partial charge on any atom is -0.490 e. The zero-order valence-electron chi connectivity index (χ0n) is 18.5. The highest BCUT2D eigenvalue weighted by Crippen LogP contribution is 2.39. The molecule has 3 N–H and O–H groups in total. The van der Waals surface area contributed by atoms with E-state index in [2.05, 4.69) is 33.2 Å². The molecule has 176 valence electrons. The predicted molar refractivity (Wildman–Crippen MR) is 121 cm³/mol. The Bertz CT molecular complexity index is 980. The molecule has 0 saturated carbocycles. The molecule has 2 aliphatic rings. The Balaban J connectivity index is 0.000000331. The van der Waals surface area contributed by atoms with Crippen LogP contribution < -0.4 is 19.7 Å². The highest BCUT2D eigenvalue weighted by molar-refractivity contribution is 5.89. The van der Waals surface area contributed by atoms with Crippen LogP contribution in [0.15, 0.2) is 36.7 Å². The Morgan fingerprint density at radius 1 is 1.18 bits per heavy atom. The van der Waals surface area contributed by atoms with Gasteiger partial charge in [0, 0.05) is 24.5 Å². The number of anilines is 1. The Kier molecular flexibility index (Phi) is 8.59. The second kappa shape index (κ2) is 11.8. The monoisotopic (exact) mass is 456 g/mol. The summed E-state index contributed by atoms with van der Waals surface area (Å²) in [7, 11) is 0. The summed E-state index contributed by atoms with van der Waals surface area (Å²) >= 11 is 0. The summed E-state index contributed by atoms with van der Waals surface area (Å²) in [6.07, 6.45) is 6.65. The molecule has 0 atom stereocenters. The molecule has 0 saturated heterocycles. The van der Waals surface area contributed by atoms with E-state index in [1.54, 1.807) is 18.5 Å². The van der Waals surface area contributed by atoms with Gasteiger partial charge in [-0.3, -0.25) is 0 Å². The zero-order valence-corrected chi connectivity index (χ0v) is 18.5. The summed E-state index contributed by atoms with van der Waals surface area (Å²) in [6, 6.07) is 4.47. The number of aliphatic carboxylic acids is 2. The van der Waals surface area contributed by atoms with Crippen LogP contribution in [0.4, 0.5) is 5.69 Å². The summed E-state index contributed by atoms with van der Waals surface area (Å²) in [6.45, 7) is 7.26. The van der Waals surface area contributed by atoms with Gasteiger partial charge in [-0.25, -0.2) is 19.6 Å². The van der Waals surface area contributed by atoms with Crippen molar-refractivity contribution in [3.8, 4) is 11.8 Å². The van der Waals surface area contributed by atoms with E-state index in [-0.39, 0.29) is 0 Å². The molecule has 0 spiro atoms. The van der Waals surface area contributed by atoms with Gasteiger partial charge in [0.2, 0.25) is 0 Å². The highest BCUT2D eigenvalue weighted by Gasteiger charge is 2.24. The van der Waals surface area contributed by atoms with Gasteiger partial charge in [-0.15, -0.1) is 0 Å². The average Bonchev–Trinajstić information content (AvgIpc) is 3.05. The van der Waals surface area contributed by atoms with E-state index in [4.69, 9.17) is 19.7 Å². The quantitative estimate of drug-likeness (QED) is 0.549. The van der Waals surface area contributed by atoms with E-state index < -0.39 is 11.9 Å². The second-order valence-corrected chi connectivity index (χ2v) is 7.46. The van der Waals surface area contributed by atoms with Gasteiger partial charge >= 0.3 is 17.9 Å². The molecule has 0 fully saturated rings. The highest BCUT2D eigenvalue weighted by atomic mass is 16.5. The molecule has 0 aliphatic carbocycles. The molecule has 4 rings (SSSR count). The van der Waals surface area contributed by atoms with Gasteiger partial charge in [-0.2, -0.15) is 0 Å². The maximum absolute atomic E-state index is 9.55. The Hall–Kier alpha value is -3.66. The predicted octanol–water partition coefficient (Wildman–Crippen LogP) is 1.46. The van der Waals surface area contributed by atoms with Gasteiger partial charge in [-0.05, 0) is 61.7 Å². The summed E-state index contributed by atoms with van der Waals surface area (Å²) in [4.78, 5) is 29.7. The normalized spacial score (nSPS) is 14.8. The maximum Gasteiger partial charge on any atom is 0.328 e. The Labute approximate surface area is 191 Å². The first kappa shape index (κ1) is 24.0. The largest absolute Gasteiger partial charge is 0.490 e. The number of hydrogen-bond donors (Lipinski definition) is 3. The number of benzene rings is 1. The molecule has 1 aromatic heterocycles. The molecular formula is C23H28N4O6. The van der Waals surface area contributed by atoms with Gasteiger partial charge in [-0.1, -0.05) is 0 Å². The first-order valence-corrected chi connectivity index (χ1v) is 10.7. The van der Waals surface area contributed by atoms with Crippen LogP contribution in [0.1, 0.15) is 16.7 Å². The molecular weight excluding hydrogens is 428 g/mol. The molecule has 1 aromatic carbocycles. The number of fused-ring (bicyclic) bond motifs is 2. The summed E-state index contributed by atoms with van der Waals surface area (Å²) in [5.74, 6) is -1.50.